The van der Waals surface area contributed by atoms with Gasteiger partial charge in [0.25, 0.3) is 5.56 Å². The minimum atomic E-state index is -0.366. The van der Waals surface area contributed by atoms with Gasteiger partial charge in [-0.2, -0.15) is 0 Å². The quantitative estimate of drug-likeness (QED) is 0.362. The van der Waals surface area contributed by atoms with E-state index >= 15 is 0 Å². The van der Waals surface area contributed by atoms with Gasteiger partial charge in [0.1, 0.15) is 10.6 Å². The highest BCUT2D eigenvalue weighted by molar-refractivity contribution is 7.20. The summed E-state index contributed by atoms with van der Waals surface area (Å²) in [5.74, 6) is 0.555. The van der Waals surface area contributed by atoms with Gasteiger partial charge in [0, 0.05) is 35.6 Å². The zero-order valence-electron chi connectivity index (χ0n) is 16.7. The number of hydrogen-bond donors (Lipinski definition) is 0. The third kappa shape index (κ3) is 4.28. The van der Waals surface area contributed by atoms with E-state index in [1.165, 1.54) is 20.5 Å². The Hall–Kier alpha value is -2.54. The molecule has 0 atom stereocenters. The summed E-state index contributed by atoms with van der Waals surface area (Å²) in [6.07, 6.45) is 0.883. The second-order valence-electron chi connectivity index (χ2n) is 7.06. The van der Waals surface area contributed by atoms with Gasteiger partial charge in [0.05, 0.1) is 5.39 Å². The van der Waals surface area contributed by atoms with Crippen LogP contribution in [0.25, 0.3) is 10.2 Å². The molecule has 0 aliphatic heterocycles. The Kier molecular flexibility index (Phi) is 6.23. The van der Waals surface area contributed by atoms with E-state index < -0.39 is 0 Å². The zero-order chi connectivity index (χ0) is 22.1. The number of nitrogens with zero attached hydrogens (tertiary/aromatic N) is 2. The molecule has 0 aliphatic rings. The van der Waals surface area contributed by atoms with Crippen LogP contribution in [-0.2, 0) is 20.0 Å². The van der Waals surface area contributed by atoms with E-state index in [0.717, 1.165) is 11.1 Å². The van der Waals surface area contributed by atoms with Crippen LogP contribution >= 0.6 is 34.5 Å². The van der Waals surface area contributed by atoms with Crippen molar-refractivity contribution in [2.45, 2.75) is 19.4 Å². The van der Waals surface area contributed by atoms with Crippen molar-refractivity contribution in [2.75, 3.05) is 0 Å². The lowest BCUT2D eigenvalue weighted by Crippen LogP contribution is -2.38. The third-order valence-corrected chi connectivity index (χ3v) is 6.59. The van der Waals surface area contributed by atoms with Gasteiger partial charge in [-0.25, -0.2) is 4.79 Å². The molecular formula is C23H19Cl2N2O3S. The Balaban J connectivity index is 1.95. The van der Waals surface area contributed by atoms with Gasteiger partial charge < -0.3 is 4.74 Å². The van der Waals surface area contributed by atoms with E-state index in [-0.39, 0.29) is 17.8 Å². The van der Waals surface area contributed by atoms with Crippen LogP contribution in [0.3, 0.4) is 0 Å². The molecule has 0 amide bonds. The van der Waals surface area contributed by atoms with Gasteiger partial charge in [-0.3, -0.25) is 13.9 Å². The minimum absolute atomic E-state index is 0.252. The molecule has 2 aromatic carbocycles. The van der Waals surface area contributed by atoms with Crippen molar-refractivity contribution in [2.24, 2.45) is 7.05 Å². The van der Waals surface area contributed by atoms with Crippen LogP contribution in [0.5, 0.6) is 10.8 Å². The van der Waals surface area contributed by atoms with Crippen molar-refractivity contribution in [1.82, 2.24) is 9.13 Å². The van der Waals surface area contributed by atoms with Gasteiger partial charge in [0.15, 0.2) is 5.06 Å². The lowest BCUT2D eigenvalue weighted by Gasteiger charge is -2.09. The summed E-state index contributed by atoms with van der Waals surface area (Å²) in [4.78, 5) is 26.6. The molecule has 2 heterocycles. The minimum Gasteiger partial charge on any atom is -0.446 e. The number of aryl methyl sites for hydroxylation is 1. The smallest absolute Gasteiger partial charge is 0.331 e. The number of hydrogen-bond acceptors (Lipinski definition) is 4. The Morgan fingerprint density at radius 2 is 1.81 bits per heavy atom. The van der Waals surface area contributed by atoms with Crippen LogP contribution in [0.1, 0.15) is 17.5 Å². The molecule has 0 aliphatic carbocycles. The summed E-state index contributed by atoms with van der Waals surface area (Å²) >= 11 is 13.4. The Labute approximate surface area is 193 Å². The number of fused-ring (bicyclic) bond motifs is 1. The van der Waals surface area contributed by atoms with Gasteiger partial charge in [-0.05, 0) is 42.3 Å². The molecule has 0 saturated carbocycles. The molecule has 0 N–H and O–H groups in total. The van der Waals surface area contributed by atoms with Crippen LogP contribution < -0.4 is 16.0 Å². The molecule has 31 heavy (non-hydrogen) atoms. The standard InChI is InChI=1S/C23H19Cl2N2O3S/c1-3-11-27-20(28)19-18(12-14-7-9-15(24)10-8-14)22(31-21(19)26(2)23(27)29)30-17-6-4-5-16(25)13-17/h4-10,13H,1,3,11-12H2,2H3. The molecular weight excluding hydrogens is 455 g/mol. The first-order valence-electron chi connectivity index (χ1n) is 9.61. The monoisotopic (exact) mass is 473 g/mol. The molecule has 0 fully saturated rings. The topological polar surface area (TPSA) is 53.2 Å². The third-order valence-electron chi connectivity index (χ3n) is 4.92. The van der Waals surface area contributed by atoms with Crippen molar-refractivity contribution in [3.63, 3.8) is 0 Å². The average Bonchev–Trinajstić information content (AvgIpc) is 3.09. The average molecular weight is 474 g/mol. The molecule has 159 valence electrons. The largest absolute Gasteiger partial charge is 0.446 e. The zero-order valence-corrected chi connectivity index (χ0v) is 19.1. The maximum absolute atomic E-state index is 13.3. The van der Waals surface area contributed by atoms with Crippen molar-refractivity contribution in [3.05, 3.63) is 97.5 Å². The summed E-state index contributed by atoms with van der Waals surface area (Å²) in [5.41, 5.74) is 0.996. The number of ether oxygens (including phenoxy) is 1. The van der Waals surface area contributed by atoms with E-state index in [9.17, 15) is 9.59 Å². The van der Waals surface area contributed by atoms with Crippen LogP contribution in [0.15, 0.2) is 58.1 Å². The Morgan fingerprint density at radius 1 is 1.06 bits per heavy atom. The summed E-state index contributed by atoms with van der Waals surface area (Å²) < 4.78 is 8.88. The normalized spacial score (nSPS) is 11.2. The lowest BCUT2D eigenvalue weighted by molar-refractivity contribution is 0.492. The highest BCUT2D eigenvalue weighted by atomic mass is 35.5. The number of rotatable bonds is 6. The van der Waals surface area contributed by atoms with E-state index in [0.29, 0.717) is 43.9 Å². The van der Waals surface area contributed by atoms with Crippen molar-refractivity contribution in [1.29, 1.82) is 0 Å². The molecule has 8 heteroatoms. The number of aromatic nitrogens is 2. The molecule has 2 aromatic heterocycles. The summed E-state index contributed by atoms with van der Waals surface area (Å²) in [6.45, 7) is 4.04. The molecule has 0 saturated heterocycles. The lowest BCUT2D eigenvalue weighted by atomic mass is 10.1. The maximum atomic E-state index is 13.3. The van der Waals surface area contributed by atoms with Gasteiger partial charge >= 0.3 is 5.69 Å². The van der Waals surface area contributed by atoms with Crippen molar-refractivity contribution in [3.8, 4) is 10.8 Å². The van der Waals surface area contributed by atoms with Crippen LogP contribution in [0.4, 0.5) is 0 Å². The predicted octanol–water partition coefficient (Wildman–Crippen LogP) is 5.68. The Morgan fingerprint density at radius 3 is 2.48 bits per heavy atom. The fraction of sp³-hybridized carbons (Fsp3) is 0.174. The first-order valence-corrected chi connectivity index (χ1v) is 11.2. The van der Waals surface area contributed by atoms with Crippen LogP contribution in [0.2, 0.25) is 10.0 Å². The van der Waals surface area contributed by atoms with E-state index in [1.54, 1.807) is 43.4 Å². The number of benzene rings is 2. The predicted molar refractivity (Wildman–Crippen MR) is 127 cm³/mol. The molecule has 1 radical (unpaired) electrons. The highest BCUT2D eigenvalue weighted by Gasteiger charge is 2.22. The van der Waals surface area contributed by atoms with Gasteiger partial charge in [-0.15, -0.1) is 0 Å². The van der Waals surface area contributed by atoms with Crippen LogP contribution in [0, 0.1) is 6.92 Å². The van der Waals surface area contributed by atoms with Gasteiger partial charge in [0.2, 0.25) is 0 Å². The Bertz CT molecular complexity index is 1370. The second kappa shape index (κ2) is 8.91. The van der Waals surface area contributed by atoms with Crippen LogP contribution in [-0.4, -0.2) is 9.13 Å². The highest BCUT2D eigenvalue weighted by Crippen LogP contribution is 2.40. The summed E-state index contributed by atoms with van der Waals surface area (Å²) in [5, 5.41) is 2.21. The fourth-order valence-corrected chi connectivity index (χ4v) is 4.87. The first-order chi connectivity index (χ1) is 14.9. The SMILES string of the molecule is [CH2]CCn1c(=O)c2c(Cc3ccc(Cl)cc3)c(Oc3cccc(Cl)c3)sc2n(C)c1=O. The van der Waals surface area contributed by atoms with E-state index in [4.69, 9.17) is 27.9 Å². The summed E-state index contributed by atoms with van der Waals surface area (Å²) in [6, 6.07) is 14.5. The van der Waals surface area contributed by atoms with E-state index in [1.807, 2.05) is 12.1 Å². The molecule has 4 rings (SSSR count). The fourth-order valence-electron chi connectivity index (χ4n) is 3.42. The molecule has 5 nitrogen and oxygen atoms in total. The molecule has 4 aromatic rings. The molecule has 0 spiro atoms. The maximum Gasteiger partial charge on any atom is 0.331 e. The van der Waals surface area contributed by atoms with E-state index in [2.05, 4.69) is 6.92 Å². The second-order valence-corrected chi connectivity index (χ2v) is 8.90. The molecule has 0 bridgehead atoms. The van der Waals surface area contributed by atoms with Crippen molar-refractivity contribution < 1.29 is 4.74 Å². The number of halogens is 2. The first kappa shape index (κ1) is 21.7. The number of thiophene rings is 1. The van der Waals surface area contributed by atoms with Crippen molar-refractivity contribution >= 4 is 44.8 Å². The molecule has 0 unspecified atom stereocenters. The summed E-state index contributed by atoms with van der Waals surface area (Å²) in [7, 11) is 1.66. The van der Waals surface area contributed by atoms with Gasteiger partial charge in [-0.1, -0.05) is 59.7 Å².